The van der Waals surface area contributed by atoms with Gasteiger partial charge in [-0.3, -0.25) is 19.2 Å². The molecule has 0 bridgehead atoms. The number of ether oxygens (including phenoxy) is 2. The number of carboxylic acid groups (broad SMARTS) is 1. The Labute approximate surface area is 442 Å². The SMILES string of the molecule is N[C@H](C(=O)N1CCC[C@H]1c1nc(-c2ccc(F)c3ccccc23)cs1)C1CCOCC1.O=C(N[C@H](C(=O)N1CCC[C@H]1c1nc(-c2ccc(F)c3ccccc23)cs1)C1CCOCC1)[C@@H]1CCN1.O=C(O)[C@@H]1CCN1. The van der Waals surface area contributed by atoms with E-state index in [1.54, 1.807) is 35.6 Å². The molecule has 6 fully saturated rings. The smallest absolute Gasteiger partial charge is 0.320 e. The summed E-state index contributed by atoms with van der Waals surface area (Å²) in [5.74, 6) is -1.06. The molecule has 19 heteroatoms. The highest BCUT2D eigenvalue weighted by molar-refractivity contribution is 7.10. The Hall–Kier alpha value is -5.80. The number of carbonyl (C=O) groups excluding carboxylic acids is 3. The average molecular weight is 1060 g/mol. The van der Waals surface area contributed by atoms with Crippen LogP contribution in [0.4, 0.5) is 8.78 Å². The number of nitrogens with two attached hydrogens (primary N) is 1. The van der Waals surface area contributed by atoms with E-state index in [4.69, 9.17) is 30.3 Å². The van der Waals surface area contributed by atoms with Crippen LogP contribution in [0.25, 0.3) is 44.1 Å². The van der Waals surface area contributed by atoms with E-state index in [1.807, 2.05) is 57.0 Å². The van der Waals surface area contributed by atoms with Crippen LogP contribution >= 0.6 is 22.7 Å². The summed E-state index contributed by atoms with van der Waals surface area (Å²) in [4.78, 5) is 63.6. The molecular weight excluding hydrogens is 999 g/mol. The van der Waals surface area contributed by atoms with Crippen LogP contribution in [0.5, 0.6) is 0 Å². The fraction of sp³-hybridized carbons (Fsp3) is 0.464. The molecule has 0 spiro atoms. The van der Waals surface area contributed by atoms with E-state index >= 15 is 0 Å². The number of aromatic nitrogens is 2. The highest BCUT2D eigenvalue weighted by Gasteiger charge is 2.42. The van der Waals surface area contributed by atoms with E-state index in [-0.39, 0.29) is 65.4 Å². The number of benzene rings is 4. The number of halogens is 2. The largest absolute Gasteiger partial charge is 0.480 e. The number of fused-ring (bicyclic) bond motifs is 2. The number of carbonyl (C=O) groups is 4. The standard InChI is InChI=1S/C28H31FN4O3S.C24H26FN3O2S.C4H7NO2/c29-21-8-7-20(18-4-1-2-5-19(18)21)23-16-37-27(31-23)24-6-3-13-33(24)28(35)25(17-10-14-36-15-11-17)32-26(34)22-9-12-30-22;25-19-8-7-18(16-4-1-2-5-17(16)19)20-14-31-23(27-20)21-6-3-11-28(21)24(29)22(26)15-9-12-30-13-10-15;6-4(7)3-1-2-5-3/h1-2,4-5,7-8,16-17,22,24-25,30H,3,6,9-15H2,(H,32,34);1-2,4-5,7-8,14-15,21-22H,3,6,9-13,26H2;3,5H,1-2H2,(H,6,7)/t22-,24-,25-;21-,22-;3-/m000/s1. The third-order valence-electron chi connectivity index (χ3n) is 15.6. The molecule has 6 atom stereocenters. The van der Waals surface area contributed by atoms with Crippen molar-refractivity contribution in [3.05, 3.63) is 105 Å². The number of likely N-dealkylation sites (tertiary alicyclic amines) is 2. The maximum atomic E-state index is 14.4. The number of carboxylic acids is 1. The zero-order valence-electron chi connectivity index (χ0n) is 41.8. The number of nitrogens with zero attached hydrogens (tertiary/aromatic N) is 4. The first-order valence-corrected chi connectivity index (χ1v) is 28.1. The third kappa shape index (κ3) is 11.6. The first kappa shape index (κ1) is 52.6. The van der Waals surface area contributed by atoms with Gasteiger partial charge in [0.2, 0.25) is 17.7 Å². The summed E-state index contributed by atoms with van der Waals surface area (Å²) in [6.45, 7) is 5.62. The normalized spacial score (nSPS) is 22.8. The van der Waals surface area contributed by atoms with Crippen molar-refractivity contribution in [2.75, 3.05) is 52.6 Å². The van der Waals surface area contributed by atoms with Gasteiger partial charge in [-0.15, -0.1) is 22.7 Å². The number of amides is 3. The quantitative estimate of drug-likeness (QED) is 0.0839. The van der Waals surface area contributed by atoms with Gasteiger partial charge in [-0.05, 0) is 124 Å². The Morgan fingerprint density at radius 3 is 1.52 bits per heavy atom. The van der Waals surface area contributed by atoms with Crippen molar-refractivity contribution < 1.29 is 42.5 Å². The van der Waals surface area contributed by atoms with Crippen LogP contribution in [-0.4, -0.2) is 125 Å². The molecule has 12 rings (SSSR count). The molecule has 396 valence electrons. The van der Waals surface area contributed by atoms with Crippen molar-refractivity contribution in [2.24, 2.45) is 17.6 Å². The van der Waals surface area contributed by atoms with Gasteiger partial charge in [0.1, 0.15) is 33.7 Å². The van der Waals surface area contributed by atoms with Gasteiger partial charge in [-0.25, -0.2) is 18.7 Å². The fourth-order valence-corrected chi connectivity index (χ4v) is 12.9. The molecule has 0 saturated carbocycles. The first-order valence-electron chi connectivity index (χ1n) is 26.3. The van der Waals surface area contributed by atoms with Crippen LogP contribution in [-0.2, 0) is 28.7 Å². The zero-order valence-corrected chi connectivity index (χ0v) is 43.4. The molecule has 8 heterocycles. The maximum absolute atomic E-state index is 14.4. The Balaban J connectivity index is 0.000000153. The van der Waals surface area contributed by atoms with Gasteiger partial charge in [0, 0.05) is 72.2 Å². The molecule has 6 N–H and O–H groups in total. The van der Waals surface area contributed by atoms with Gasteiger partial charge < -0.3 is 46.1 Å². The summed E-state index contributed by atoms with van der Waals surface area (Å²) < 4.78 is 39.5. The van der Waals surface area contributed by atoms with E-state index in [1.165, 1.54) is 23.5 Å². The molecule has 15 nitrogen and oxygen atoms in total. The van der Waals surface area contributed by atoms with E-state index in [0.29, 0.717) is 43.7 Å². The summed E-state index contributed by atoms with van der Waals surface area (Å²) in [6.07, 6.45) is 8.34. The van der Waals surface area contributed by atoms with Crippen LogP contribution in [0.3, 0.4) is 0 Å². The molecule has 0 radical (unpaired) electrons. The zero-order chi connectivity index (χ0) is 52.0. The monoisotopic (exact) mass is 1060 g/mol. The Kier molecular flexibility index (Phi) is 16.9. The molecule has 3 amide bonds. The molecule has 6 aromatic rings. The van der Waals surface area contributed by atoms with Crippen LogP contribution in [0.15, 0.2) is 83.6 Å². The number of hydrogen-bond donors (Lipinski definition) is 5. The summed E-state index contributed by atoms with van der Waals surface area (Å²) in [7, 11) is 0. The second-order valence-electron chi connectivity index (χ2n) is 20.1. The highest BCUT2D eigenvalue weighted by Crippen LogP contribution is 2.40. The molecule has 4 aromatic carbocycles. The van der Waals surface area contributed by atoms with E-state index < -0.39 is 18.1 Å². The number of thiazole rings is 2. The average Bonchev–Trinajstić information content (AvgIpc) is 4.26. The molecule has 0 aliphatic carbocycles. The number of hydrogen-bond acceptors (Lipinski definition) is 13. The highest BCUT2D eigenvalue weighted by atomic mass is 32.1. The van der Waals surface area contributed by atoms with Gasteiger partial charge in [-0.1, -0.05) is 48.5 Å². The second-order valence-corrected chi connectivity index (χ2v) is 21.9. The van der Waals surface area contributed by atoms with Crippen LogP contribution in [0.1, 0.15) is 86.3 Å². The second kappa shape index (κ2) is 24.0. The van der Waals surface area contributed by atoms with Crippen molar-refractivity contribution in [2.45, 2.75) is 100 Å². The lowest BCUT2D eigenvalue weighted by Gasteiger charge is -2.36. The summed E-state index contributed by atoms with van der Waals surface area (Å²) in [5, 5.41) is 25.8. The topological polar surface area (TPSA) is 201 Å². The van der Waals surface area contributed by atoms with Gasteiger partial charge in [-0.2, -0.15) is 0 Å². The molecular formula is C56H64F2N8O7S2. The predicted molar refractivity (Wildman–Crippen MR) is 285 cm³/mol. The van der Waals surface area contributed by atoms with Gasteiger partial charge in [0.25, 0.3) is 0 Å². The molecule has 0 unspecified atom stereocenters. The van der Waals surface area contributed by atoms with Crippen molar-refractivity contribution >= 4 is 67.9 Å². The predicted octanol–water partition coefficient (Wildman–Crippen LogP) is 7.99. The molecule has 6 aliphatic rings. The fourth-order valence-electron chi connectivity index (χ4n) is 11.0. The van der Waals surface area contributed by atoms with Gasteiger partial charge in [0.15, 0.2) is 0 Å². The van der Waals surface area contributed by atoms with Crippen molar-refractivity contribution in [1.29, 1.82) is 0 Å². The van der Waals surface area contributed by atoms with Crippen molar-refractivity contribution in [3.63, 3.8) is 0 Å². The Morgan fingerprint density at radius 1 is 0.627 bits per heavy atom. The first-order chi connectivity index (χ1) is 36.5. The lowest BCUT2D eigenvalue weighted by molar-refractivity contribution is -0.141. The van der Waals surface area contributed by atoms with Crippen LogP contribution < -0.4 is 21.7 Å². The minimum atomic E-state index is -0.730. The molecule has 6 saturated heterocycles. The maximum Gasteiger partial charge on any atom is 0.320 e. The summed E-state index contributed by atoms with van der Waals surface area (Å²) in [5.41, 5.74) is 9.80. The molecule has 75 heavy (non-hydrogen) atoms. The van der Waals surface area contributed by atoms with Gasteiger partial charge in [0.05, 0.1) is 35.6 Å². The third-order valence-corrected chi connectivity index (χ3v) is 17.5. The van der Waals surface area contributed by atoms with E-state index in [9.17, 15) is 28.0 Å². The van der Waals surface area contributed by atoms with Crippen molar-refractivity contribution in [3.8, 4) is 22.5 Å². The van der Waals surface area contributed by atoms with E-state index in [0.717, 1.165) is 127 Å². The minimum absolute atomic E-state index is 0.0222. The Morgan fingerprint density at radius 2 is 1.08 bits per heavy atom. The minimum Gasteiger partial charge on any atom is -0.480 e. The van der Waals surface area contributed by atoms with Gasteiger partial charge >= 0.3 is 5.97 Å². The van der Waals surface area contributed by atoms with Crippen LogP contribution in [0.2, 0.25) is 0 Å². The molecule has 2 aromatic heterocycles. The number of rotatable bonds is 11. The lowest BCUT2D eigenvalue weighted by atomic mass is 9.90. The Bertz CT molecular complexity index is 2990. The molecule has 6 aliphatic heterocycles. The summed E-state index contributed by atoms with van der Waals surface area (Å²) in [6, 6.07) is 19.8. The van der Waals surface area contributed by atoms with Crippen molar-refractivity contribution in [1.82, 2.24) is 35.7 Å². The number of nitrogens with one attached hydrogen (secondary N) is 3. The lowest BCUT2D eigenvalue weighted by Crippen LogP contribution is -2.60. The number of aliphatic carboxylic acids is 1. The van der Waals surface area contributed by atoms with E-state index in [2.05, 4.69) is 16.0 Å². The summed E-state index contributed by atoms with van der Waals surface area (Å²) >= 11 is 3.10. The van der Waals surface area contributed by atoms with Crippen LogP contribution in [0, 0.1) is 23.5 Å².